The third kappa shape index (κ3) is 3.10. The van der Waals surface area contributed by atoms with E-state index in [4.69, 9.17) is 0 Å². The van der Waals surface area contributed by atoms with Crippen molar-refractivity contribution in [3.05, 3.63) is 83.3 Å². The lowest BCUT2D eigenvalue weighted by molar-refractivity contribution is 0.367. The summed E-state index contributed by atoms with van der Waals surface area (Å²) in [4.78, 5) is 4.78. The van der Waals surface area contributed by atoms with Crippen LogP contribution >= 0.6 is 0 Å². The maximum atomic E-state index is 2.54. The Kier molecular flexibility index (Phi) is 4.73. The fourth-order valence-corrected chi connectivity index (χ4v) is 5.24. The molecule has 3 aromatic rings. The molecule has 2 aliphatic heterocycles. The lowest BCUT2D eigenvalue weighted by Gasteiger charge is -2.29. The van der Waals surface area contributed by atoms with E-state index >= 15 is 0 Å². The van der Waals surface area contributed by atoms with Gasteiger partial charge in [0.25, 0.3) is 0 Å². The van der Waals surface area contributed by atoms with E-state index in [2.05, 4.69) is 117 Å². The monoisotopic (exact) mass is 411 g/mol. The van der Waals surface area contributed by atoms with Crippen LogP contribution in [0.3, 0.4) is 0 Å². The summed E-state index contributed by atoms with van der Waals surface area (Å²) in [6, 6.07) is 18.0. The molecule has 0 bridgehead atoms. The predicted octanol–water partition coefficient (Wildman–Crippen LogP) is 6.80. The normalized spacial score (nSPS) is 17.2. The summed E-state index contributed by atoms with van der Waals surface area (Å²) >= 11 is 0. The summed E-state index contributed by atoms with van der Waals surface area (Å²) in [6.07, 6.45) is 5.92. The van der Waals surface area contributed by atoms with Gasteiger partial charge in [0.2, 0.25) is 0 Å². The number of fused-ring (bicyclic) bond motifs is 3. The molecule has 1 aromatic heterocycles. The van der Waals surface area contributed by atoms with Crippen molar-refractivity contribution < 1.29 is 0 Å². The Hall–Kier alpha value is -2.94. The van der Waals surface area contributed by atoms with Crippen molar-refractivity contribution in [1.82, 2.24) is 9.47 Å². The van der Waals surface area contributed by atoms with Crippen molar-refractivity contribution in [3.63, 3.8) is 0 Å². The third-order valence-corrected chi connectivity index (χ3v) is 6.88. The zero-order valence-corrected chi connectivity index (χ0v) is 19.6. The summed E-state index contributed by atoms with van der Waals surface area (Å²) in [6.45, 7) is 11.6. The number of aromatic nitrogens is 1. The smallest absolute Gasteiger partial charge is 0.122 e. The summed E-state index contributed by atoms with van der Waals surface area (Å²) in [5.74, 6) is 2.21. The van der Waals surface area contributed by atoms with E-state index in [1.165, 1.54) is 45.0 Å². The highest BCUT2D eigenvalue weighted by Gasteiger charge is 2.38. The van der Waals surface area contributed by atoms with Crippen LogP contribution in [0, 0.1) is 6.92 Å². The third-order valence-electron chi connectivity index (χ3n) is 6.88. The van der Waals surface area contributed by atoms with Gasteiger partial charge >= 0.3 is 0 Å². The van der Waals surface area contributed by atoms with Gasteiger partial charge in [-0.3, -0.25) is 4.57 Å². The SMILES string of the molecule is Cc1cc2c(n1-c1c(C(C)C)cc(-c3ccccc3)cc1C(C)C)N1C=CN(C)C1C2. The molecule has 5 rings (SSSR count). The zero-order valence-electron chi connectivity index (χ0n) is 19.6. The molecule has 2 aromatic carbocycles. The van der Waals surface area contributed by atoms with Crippen LogP contribution in [0.25, 0.3) is 16.8 Å². The Morgan fingerprint density at radius 3 is 2.10 bits per heavy atom. The molecule has 3 heteroatoms. The minimum atomic E-state index is 0.408. The molecule has 1 atom stereocenters. The topological polar surface area (TPSA) is 11.4 Å². The number of aryl methyl sites for hydroxylation is 1. The van der Waals surface area contributed by atoms with Crippen LogP contribution in [0.5, 0.6) is 0 Å². The van der Waals surface area contributed by atoms with Gasteiger partial charge in [0.15, 0.2) is 0 Å². The van der Waals surface area contributed by atoms with Crippen LogP contribution in [0.2, 0.25) is 0 Å². The summed E-state index contributed by atoms with van der Waals surface area (Å²) in [7, 11) is 2.18. The fraction of sp³-hybridized carbons (Fsp3) is 0.357. The van der Waals surface area contributed by atoms with Crippen molar-refractivity contribution in [2.45, 2.75) is 59.0 Å². The fourth-order valence-electron chi connectivity index (χ4n) is 5.24. The van der Waals surface area contributed by atoms with E-state index < -0.39 is 0 Å². The first-order valence-electron chi connectivity index (χ1n) is 11.5. The van der Waals surface area contributed by atoms with E-state index in [0.717, 1.165) is 6.42 Å². The van der Waals surface area contributed by atoms with Crippen molar-refractivity contribution in [3.8, 4) is 16.8 Å². The number of rotatable bonds is 4. The maximum absolute atomic E-state index is 2.54. The number of hydrogen-bond acceptors (Lipinski definition) is 2. The molecular formula is C28H33N3. The predicted molar refractivity (Wildman–Crippen MR) is 131 cm³/mol. The van der Waals surface area contributed by atoms with Gasteiger partial charge < -0.3 is 9.80 Å². The van der Waals surface area contributed by atoms with E-state index in [9.17, 15) is 0 Å². The first-order valence-corrected chi connectivity index (χ1v) is 11.5. The van der Waals surface area contributed by atoms with E-state index in [-0.39, 0.29) is 0 Å². The van der Waals surface area contributed by atoms with Gasteiger partial charge in [-0.1, -0.05) is 58.0 Å². The van der Waals surface area contributed by atoms with Crippen LogP contribution in [0.15, 0.2) is 60.9 Å². The standard InChI is InChI=1S/C28H33N3/c1-18(2)24-15-22(21-10-8-7-9-11-21)16-25(19(3)4)27(24)31-20(5)14-23-17-26-29(6)12-13-30(26)28(23)31/h7-16,18-19,26H,17H2,1-6H3. The molecule has 0 aliphatic carbocycles. The largest absolute Gasteiger partial charge is 0.358 e. The lowest BCUT2D eigenvalue weighted by atomic mass is 9.88. The van der Waals surface area contributed by atoms with Gasteiger partial charge in [-0.2, -0.15) is 0 Å². The van der Waals surface area contributed by atoms with E-state index in [1.807, 2.05) is 0 Å². The first-order chi connectivity index (χ1) is 14.9. The van der Waals surface area contributed by atoms with Crippen LogP contribution in [-0.4, -0.2) is 22.7 Å². The second-order valence-corrected chi connectivity index (χ2v) is 9.70. The lowest BCUT2D eigenvalue weighted by Crippen LogP contribution is -2.34. The Balaban J connectivity index is 1.77. The van der Waals surface area contributed by atoms with Gasteiger partial charge in [0.05, 0.1) is 5.69 Å². The van der Waals surface area contributed by atoms with E-state index in [0.29, 0.717) is 18.0 Å². The highest BCUT2D eigenvalue weighted by molar-refractivity contribution is 5.73. The van der Waals surface area contributed by atoms with Gasteiger partial charge in [0.1, 0.15) is 12.0 Å². The quantitative estimate of drug-likeness (QED) is 0.467. The van der Waals surface area contributed by atoms with Crippen LogP contribution < -0.4 is 4.90 Å². The molecule has 0 saturated heterocycles. The van der Waals surface area contributed by atoms with Gasteiger partial charge in [-0.05, 0) is 64.8 Å². The Morgan fingerprint density at radius 1 is 0.839 bits per heavy atom. The maximum Gasteiger partial charge on any atom is 0.122 e. The number of nitrogens with zero attached hydrogens (tertiary/aromatic N) is 3. The highest BCUT2D eigenvalue weighted by Crippen LogP contribution is 2.44. The number of likely N-dealkylation sites (N-methyl/N-ethyl adjacent to an activating group) is 1. The molecule has 2 aliphatic rings. The van der Waals surface area contributed by atoms with Gasteiger partial charge in [-0.25, -0.2) is 0 Å². The molecule has 0 spiro atoms. The van der Waals surface area contributed by atoms with E-state index in [1.54, 1.807) is 0 Å². The van der Waals surface area contributed by atoms with Crippen molar-refractivity contribution in [2.24, 2.45) is 0 Å². The van der Waals surface area contributed by atoms with Crippen molar-refractivity contribution >= 4 is 5.82 Å². The Bertz CT molecular complexity index is 1120. The molecule has 3 heterocycles. The molecule has 3 nitrogen and oxygen atoms in total. The van der Waals surface area contributed by atoms with Gasteiger partial charge in [-0.15, -0.1) is 0 Å². The molecule has 0 radical (unpaired) electrons. The van der Waals surface area contributed by atoms with Gasteiger partial charge in [0, 0.05) is 31.6 Å². The molecule has 1 unspecified atom stereocenters. The summed E-state index contributed by atoms with van der Waals surface area (Å²) in [5.41, 5.74) is 9.61. The molecule has 0 amide bonds. The minimum absolute atomic E-state index is 0.408. The van der Waals surface area contributed by atoms with Crippen molar-refractivity contribution in [1.29, 1.82) is 0 Å². The Labute approximate surface area is 186 Å². The molecular weight excluding hydrogens is 378 g/mol. The average Bonchev–Trinajstić information content (AvgIpc) is 3.38. The average molecular weight is 412 g/mol. The second-order valence-electron chi connectivity index (χ2n) is 9.70. The summed E-state index contributed by atoms with van der Waals surface area (Å²) < 4.78 is 2.54. The van der Waals surface area contributed by atoms with Crippen LogP contribution in [0.4, 0.5) is 5.82 Å². The number of benzene rings is 2. The highest BCUT2D eigenvalue weighted by atomic mass is 15.4. The zero-order chi connectivity index (χ0) is 21.9. The number of hydrogen-bond donors (Lipinski definition) is 0. The second kappa shape index (κ2) is 7.33. The molecule has 31 heavy (non-hydrogen) atoms. The summed E-state index contributed by atoms with van der Waals surface area (Å²) in [5, 5.41) is 0. The first kappa shape index (κ1) is 20.0. The molecule has 0 fully saturated rings. The molecule has 160 valence electrons. The molecule has 0 saturated carbocycles. The van der Waals surface area contributed by atoms with Crippen LogP contribution in [0.1, 0.15) is 61.9 Å². The Morgan fingerprint density at radius 2 is 1.48 bits per heavy atom. The van der Waals surface area contributed by atoms with Crippen LogP contribution in [-0.2, 0) is 6.42 Å². The van der Waals surface area contributed by atoms with Crippen molar-refractivity contribution in [2.75, 3.05) is 11.9 Å². The molecule has 0 N–H and O–H groups in total. The minimum Gasteiger partial charge on any atom is -0.358 e. The number of anilines is 1.